The Hall–Kier alpha value is -3.05. The van der Waals surface area contributed by atoms with Crippen LogP contribution >= 0.6 is 12.2 Å². The number of hydrogen-bond donors (Lipinski definition) is 2. The van der Waals surface area contributed by atoms with Gasteiger partial charge in [-0.1, -0.05) is 72.4 Å². The summed E-state index contributed by atoms with van der Waals surface area (Å²) in [5.41, 5.74) is 2.20. The molecule has 0 bridgehead atoms. The summed E-state index contributed by atoms with van der Waals surface area (Å²) in [5, 5.41) is 6.82. The summed E-state index contributed by atoms with van der Waals surface area (Å²) in [6, 6.07) is 19.8. The minimum Gasteiger partial charge on any atom is -0.298 e. The van der Waals surface area contributed by atoms with E-state index in [0.29, 0.717) is 5.56 Å². The van der Waals surface area contributed by atoms with Gasteiger partial charge in [0.25, 0.3) is 5.91 Å². The van der Waals surface area contributed by atoms with E-state index < -0.39 is 11.9 Å². The van der Waals surface area contributed by atoms with Crippen LogP contribution in [-0.4, -0.2) is 16.9 Å². The predicted octanol–water partition coefficient (Wildman–Crippen LogP) is 3.96. The van der Waals surface area contributed by atoms with Crippen LogP contribution in [0.1, 0.15) is 21.5 Å². The van der Waals surface area contributed by atoms with Crippen molar-refractivity contribution in [3.05, 3.63) is 83.4 Å². The van der Waals surface area contributed by atoms with E-state index in [0.717, 1.165) is 21.9 Å². The van der Waals surface area contributed by atoms with Crippen LogP contribution in [0.3, 0.4) is 0 Å². The van der Waals surface area contributed by atoms with Crippen molar-refractivity contribution in [1.29, 1.82) is 0 Å². The van der Waals surface area contributed by atoms with Crippen molar-refractivity contribution < 1.29 is 9.59 Å². The van der Waals surface area contributed by atoms with Crippen LogP contribution in [0.25, 0.3) is 10.8 Å². The average Bonchev–Trinajstić information content (AvgIpc) is 2.61. The number of urea groups is 1. The van der Waals surface area contributed by atoms with Gasteiger partial charge in [-0.2, -0.15) is 0 Å². The van der Waals surface area contributed by atoms with E-state index in [4.69, 9.17) is 12.2 Å². The van der Waals surface area contributed by atoms with Crippen LogP contribution in [0, 0.1) is 6.92 Å². The number of rotatable bonds is 2. The van der Waals surface area contributed by atoms with Gasteiger partial charge in [0, 0.05) is 11.1 Å². The van der Waals surface area contributed by atoms with E-state index in [1.807, 2.05) is 61.5 Å². The molecule has 124 valence electrons. The second kappa shape index (κ2) is 7.23. The van der Waals surface area contributed by atoms with Gasteiger partial charge in [0.05, 0.1) is 0 Å². The van der Waals surface area contributed by atoms with Crippen molar-refractivity contribution in [2.24, 2.45) is 0 Å². The van der Waals surface area contributed by atoms with Crippen molar-refractivity contribution in [1.82, 2.24) is 10.6 Å². The lowest BCUT2D eigenvalue weighted by Gasteiger charge is -2.10. The fourth-order valence-electron chi connectivity index (χ4n) is 2.51. The Morgan fingerprint density at radius 3 is 2.28 bits per heavy atom. The molecule has 3 amide bonds. The predicted molar refractivity (Wildman–Crippen MR) is 103 cm³/mol. The quantitative estimate of drug-likeness (QED) is 0.689. The first-order valence-electron chi connectivity index (χ1n) is 7.76. The molecule has 0 fully saturated rings. The molecule has 3 aromatic rings. The highest BCUT2D eigenvalue weighted by atomic mass is 32.1. The van der Waals surface area contributed by atoms with Gasteiger partial charge < -0.3 is 0 Å². The van der Waals surface area contributed by atoms with Gasteiger partial charge >= 0.3 is 6.03 Å². The molecule has 3 rings (SSSR count). The minimum absolute atomic E-state index is 0.269. The lowest BCUT2D eigenvalue weighted by atomic mass is 10.0. The van der Waals surface area contributed by atoms with Gasteiger partial charge in [0.1, 0.15) is 4.99 Å². The van der Waals surface area contributed by atoms with E-state index in [1.54, 1.807) is 12.1 Å². The third kappa shape index (κ3) is 3.89. The van der Waals surface area contributed by atoms with Crippen molar-refractivity contribution in [3.63, 3.8) is 0 Å². The van der Waals surface area contributed by atoms with Crippen molar-refractivity contribution in [2.45, 2.75) is 6.92 Å². The first-order valence-corrected chi connectivity index (χ1v) is 8.16. The topological polar surface area (TPSA) is 58.2 Å². The first kappa shape index (κ1) is 16.8. The van der Waals surface area contributed by atoms with E-state index in [9.17, 15) is 9.59 Å². The Morgan fingerprint density at radius 2 is 1.52 bits per heavy atom. The fraction of sp³-hybridized carbons (Fsp3) is 0.0500. The highest BCUT2D eigenvalue weighted by molar-refractivity contribution is 7.80. The molecule has 0 unspecified atom stereocenters. The molecule has 5 heteroatoms. The average molecular weight is 348 g/mol. The van der Waals surface area contributed by atoms with Crippen LogP contribution in [0.4, 0.5) is 4.79 Å². The molecule has 2 N–H and O–H groups in total. The molecule has 0 heterocycles. The van der Waals surface area contributed by atoms with Crippen molar-refractivity contribution in [2.75, 3.05) is 0 Å². The summed E-state index contributed by atoms with van der Waals surface area (Å²) in [4.78, 5) is 24.4. The Kier molecular flexibility index (Phi) is 4.86. The number of thiocarbonyl (C=S) groups is 1. The summed E-state index contributed by atoms with van der Waals surface area (Å²) < 4.78 is 0. The standard InChI is InChI=1S/C20H16N2O2S/c1-13-9-11-15(12-10-13)18(23)21-20(24)22-19(25)17-8-4-6-14-5-2-3-7-16(14)17/h2-12H,1H3,(H2,21,22,23,24,25). The van der Waals surface area contributed by atoms with Crippen LogP contribution in [0.15, 0.2) is 66.7 Å². The summed E-state index contributed by atoms with van der Waals surface area (Å²) >= 11 is 5.33. The second-order valence-corrected chi connectivity index (χ2v) is 6.04. The Labute approximate surface area is 150 Å². The zero-order valence-corrected chi connectivity index (χ0v) is 14.4. The normalized spacial score (nSPS) is 10.3. The third-order valence-corrected chi connectivity index (χ3v) is 4.12. The van der Waals surface area contributed by atoms with Gasteiger partial charge in [-0.05, 0) is 29.8 Å². The Morgan fingerprint density at radius 1 is 0.840 bits per heavy atom. The molecule has 0 aliphatic carbocycles. The molecule has 0 radical (unpaired) electrons. The first-order chi connectivity index (χ1) is 12.0. The summed E-state index contributed by atoms with van der Waals surface area (Å²) in [6.45, 7) is 1.93. The molecule has 0 saturated carbocycles. The van der Waals surface area contributed by atoms with Gasteiger partial charge in [-0.15, -0.1) is 0 Å². The number of hydrogen-bond acceptors (Lipinski definition) is 3. The summed E-state index contributed by atoms with van der Waals surface area (Å²) in [6.07, 6.45) is 0. The Bertz CT molecular complexity index is 960. The number of nitrogens with one attached hydrogen (secondary N) is 2. The van der Waals surface area contributed by atoms with Crippen molar-refractivity contribution in [3.8, 4) is 0 Å². The SMILES string of the molecule is Cc1ccc(C(=O)NC(=O)NC(=S)c2cccc3ccccc23)cc1. The maximum atomic E-state index is 12.1. The zero-order chi connectivity index (χ0) is 17.8. The summed E-state index contributed by atoms with van der Waals surface area (Å²) in [5.74, 6) is -0.474. The maximum Gasteiger partial charge on any atom is 0.326 e. The zero-order valence-electron chi connectivity index (χ0n) is 13.6. The number of imide groups is 1. The Balaban J connectivity index is 1.71. The van der Waals surface area contributed by atoms with E-state index in [2.05, 4.69) is 10.6 Å². The van der Waals surface area contributed by atoms with Crippen LogP contribution < -0.4 is 10.6 Å². The highest BCUT2D eigenvalue weighted by Crippen LogP contribution is 2.18. The van der Waals surface area contributed by atoms with Gasteiger partial charge in [0.15, 0.2) is 0 Å². The van der Waals surface area contributed by atoms with E-state index >= 15 is 0 Å². The number of amides is 3. The highest BCUT2D eigenvalue weighted by Gasteiger charge is 2.13. The molecule has 4 nitrogen and oxygen atoms in total. The smallest absolute Gasteiger partial charge is 0.298 e. The lowest BCUT2D eigenvalue weighted by molar-refractivity contribution is 0.0965. The van der Waals surface area contributed by atoms with Gasteiger partial charge in [0.2, 0.25) is 0 Å². The third-order valence-electron chi connectivity index (χ3n) is 3.80. The molecule has 25 heavy (non-hydrogen) atoms. The monoisotopic (exact) mass is 348 g/mol. The van der Waals surface area contributed by atoms with Gasteiger partial charge in [-0.25, -0.2) is 4.79 Å². The molecule has 0 aliphatic rings. The number of fused-ring (bicyclic) bond motifs is 1. The number of carbonyl (C=O) groups excluding carboxylic acids is 2. The number of benzene rings is 3. The molecular formula is C20H16N2O2S. The van der Waals surface area contributed by atoms with Crippen LogP contribution in [0.5, 0.6) is 0 Å². The van der Waals surface area contributed by atoms with Crippen molar-refractivity contribution >= 4 is 39.9 Å². The maximum absolute atomic E-state index is 12.1. The lowest BCUT2D eigenvalue weighted by Crippen LogP contribution is -2.42. The second-order valence-electron chi connectivity index (χ2n) is 5.63. The molecule has 0 aromatic heterocycles. The molecule has 0 atom stereocenters. The minimum atomic E-state index is -0.650. The summed E-state index contributed by atoms with van der Waals surface area (Å²) in [7, 11) is 0. The number of carbonyl (C=O) groups is 2. The van der Waals surface area contributed by atoms with Crippen LogP contribution in [-0.2, 0) is 0 Å². The molecule has 0 spiro atoms. The molecule has 0 aliphatic heterocycles. The number of aryl methyl sites for hydroxylation is 1. The molecule has 3 aromatic carbocycles. The van der Waals surface area contributed by atoms with E-state index in [1.165, 1.54) is 0 Å². The largest absolute Gasteiger partial charge is 0.326 e. The van der Waals surface area contributed by atoms with E-state index in [-0.39, 0.29) is 4.99 Å². The molecular weight excluding hydrogens is 332 g/mol. The van der Waals surface area contributed by atoms with Crippen LogP contribution in [0.2, 0.25) is 0 Å². The van der Waals surface area contributed by atoms with Gasteiger partial charge in [-0.3, -0.25) is 15.4 Å². The fourth-order valence-corrected chi connectivity index (χ4v) is 2.78. The molecule has 0 saturated heterocycles.